The lowest BCUT2D eigenvalue weighted by molar-refractivity contribution is 0.625. The van der Waals surface area contributed by atoms with Crippen LogP contribution in [-0.2, 0) is 0 Å². The Morgan fingerprint density at radius 3 is 2.75 bits per heavy atom. The maximum atomic E-state index is 3.62. The molecule has 1 unspecified atom stereocenters. The quantitative estimate of drug-likeness (QED) is 0.528. The van der Waals surface area contributed by atoms with Gasteiger partial charge in [-0.1, -0.05) is 22.9 Å². The van der Waals surface area contributed by atoms with Gasteiger partial charge in [0.05, 0.1) is 0 Å². The highest BCUT2D eigenvalue weighted by Gasteiger charge is 1.98. The largest absolute Gasteiger partial charge is 0.317 e. The maximum Gasteiger partial charge on any atom is 0.0155 e. The molecule has 0 rings (SSSR count). The second-order valence-corrected chi connectivity index (χ2v) is 5.17. The zero-order valence-electron chi connectivity index (χ0n) is 8.11. The van der Waals surface area contributed by atoms with Gasteiger partial charge in [0.15, 0.2) is 0 Å². The van der Waals surface area contributed by atoms with Crippen molar-refractivity contribution in [3.8, 4) is 0 Å². The van der Waals surface area contributed by atoms with Crippen molar-refractivity contribution in [2.24, 2.45) is 0 Å². The minimum atomic E-state index is 0.700. The normalized spacial score (nSPS) is 13.2. The smallest absolute Gasteiger partial charge is 0.0155 e. The summed E-state index contributed by atoms with van der Waals surface area (Å²) in [5.41, 5.74) is 0. The topological polar surface area (TPSA) is 12.0 Å². The van der Waals surface area contributed by atoms with Crippen molar-refractivity contribution in [2.75, 3.05) is 25.1 Å². The van der Waals surface area contributed by atoms with Crippen LogP contribution < -0.4 is 5.32 Å². The molecule has 0 aromatic heterocycles. The molecular weight excluding hydrogens is 234 g/mol. The SMILES string of the molecule is CCC(Br)CCNCCCSC. The first-order valence-electron chi connectivity index (χ1n) is 4.65. The number of nitrogens with one attached hydrogen (secondary N) is 1. The van der Waals surface area contributed by atoms with Gasteiger partial charge in [0, 0.05) is 4.83 Å². The van der Waals surface area contributed by atoms with E-state index in [-0.39, 0.29) is 0 Å². The van der Waals surface area contributed by atoms with Gasteiger partial charge < -0.3 is 5.32 Å². The first-order chi connectivity index (χ1) is 5.81. The summed E-state index contributed by atoms with van der Waals surface area (Å²) in [4.78, 5) is 0.700. The van der Waals surface area contributed by atoms with Crippen LogP contribution in [0.3, 0.4) is 0 Å². The lowest BCUT2D eigenvalue weighted by atomic mass is 10.2. The zero-order chi connectivity index (χ0) is 9.23. The summed E-state index contributed by atoms with van der Waals surface area (Å²) < 4.78 is 0. The van der Waals surface area contributed by atoms with Gasteiger partial charge in [0.25, 0.3) is 0 Å². The van der Waals surface area contributed by atoms with E-state index in [1.54, 1.807) is 0 Å². The van der Waals surface area contributed by atoms with E-state index >= 15 is 0 Å². The third kappa shape index (κ3) is 8.88. The molecule has 1 N–H and O–H groups in total. The molecule has 0 bridgehead atoms. The molecule has 0 spiro atoms. The zero-order valence-corrected chi connectivity index (χ0v) is 10.5. The first kappa shape index (κ1) is 12.8. The molecule has 0 radical (unpaired) electrons. The second kappa shape index (κ2) is 9.87. The average molecular weight is 254 g/mol. The lowest BCUT2D eigenvalue weighted by Gasteiger charge is -2.07. The van der Waals surface area contributed by atoms with Crippen molar-refractivity contribution >= 4 is 27.7 Å². The number of halogens is 1. The molecule has 0 amide bonds. The monoisotopic (exact) mass is 253 g/mol. The fourth-order valence-corrected chi connectivity index (χ4v) is 1.59. The molecule has 0 aromatic rings. The molecule has 0 fully saturated rings. The van der Waals surface area contributed by atoms with Crippen molar-refractivity contribution in [3.63, 3.8) is 0 Å². The van der Waals surface area contributed by atoms with Gasteiger partial charge in [-0.2, -0.15) is 11.8 Å². The Morgan fingerprint density at radius 1 is 1.42 bits per heavy atom. The summed E-state index contributed by atoms with van der Waals surface area (Å²) in [7, 11) is 0. The van der Waals surface area contributed by atoms with E-state index in [2.05, 4.69) is 34.4 Å². The van der Waals surface area contributed by atoms with Crippen LogP contribution in [0.25, 0.3) is 0 Å². The Balaban J connectivity index is 2.90. The van der Waals surface area contributed by atoms with Crippen LogP contribution in [-0.4, -0.2) is 29.9 Å². The highest BCUT2D eigenvalue weighted by atomic mass is 79.9. The van der Waals surface area contributed by atoms with Gasteiger partial charge >= 0.3 is 0 Å². The number of rotatable bonds is 8. The van der Waals surface area contributed by atoms with E-state index < -0.39 is 0 Å². The standard InChI is InChI=1S/C9H20BrNS/c1-3-9(10)5-7-11-6-4-8-12-2/h9,11H,3-8H2,1-2H3. The number of thioether (sulfide) groups is 1. The van der Waals surface area contributed by atoms with Crippen molar-refractivity contribution in [3.05, 3.63) is 0 Å². The average Bonchev–Trinajstić information content (AvgIpc) is 2.10. The molecule has 0 aliphatic carbocycles. The molecule has 74 valence electrons. The second-order valence-electron chi connectivity index (χ2n) is 2.89. The highest BCUT2D eigenvalue weighted by Crippen LogP contribution is 2.07. The first-order valence-corrected chi connectivity index (χ1v) is 6.96. The Bertz CT molecular complexity index is 90.6. The Hall–Kier alpha value is 0.790. The summed E-state index contributed by atoms with van der Waals surface area (Å²) >= 11 is 5.54. The molecular formula is C9H20BrNS. The molecule has 1 nitrogen and oxygen atoms in total. The molecule has 0 aromatic carbocycles. The Morgan fingerprint density at radius 2 is 2.17 bits per heavy atom. The van der Waals surface area contributed by atoms with E-state index in [1.165, 1.54) is 31.6 Å². The van der Waals surface area contributed by atoms with Crippen LogP contribution >= 0.6 is 27.7 Å². The fourth-order valence-electron chi connectivity index (χ4n) is 0.929. The summed E-state index contributed by atoms with van der Waals surface area (Å²) in [6, 6.07) is 0. The molecule has 12 heavy (non-hydrogen) atoms. The fraction of sp³-hybridized carbons (Fsp3) is 1.00. The molecule has 1 atom stereocenters. The number of alkyl halides is 1. The van der Waals surface area contributed by atoms with Crippen molar-refractivity contribution in [1.82, 2.24) is 5.32 Å². The third-order valence-electron chi connectivity index (χ3n) is 1.78. The van der Waals surface area contributed by atoms with E-state index in [1.807, 2.05) is 11.8 Å². The molecule has 0 heterocycles. The van der Waals surface area contributed by atoms with Gasteiger partial charge in [0.2, 0.25) is 0 Å². The number of hydrogen-bond donors (Lipinski definition) is 1. The minimum absolute atomic E-state index is 0.700. The van der Waals surface area contributed by atoms with Crippen LogP contribution in [0.5, 0.6) is 0 Å². The van der Waals surface area contributed by atoms with Crippen molar-refractivity contribution in [2.45, 2.75) is 31.0 Å². The number of hydrogen-bond acceptors (Lipinski definition) is 2. The van der Waals surface area contributed by atoms with Crippen molar-refractivity contribution in [1.29, 1.82) is 0 Å². The highest BCUT2D eigenvalue weighted by molar-refractivity contribution is 9.09. The van der Waals surface area contributed by atoms with Gasteiger partial charge in [-0.05, 0) is 44.4 Å². The van der Waals surface area contributed by atoms with E-state index in [0.29, 0.717) is 4.83 Å². The van der Waals surface area contributed by atoms with E-state index in [0.717, 1.165) is 6.54 Å². The molecule has 0 saturated carbocycles. The van der Waals surface area contributed by atoms with Gasteiger partial charge in [-0.15, -0.1) is 0 Å². The van der Waals surface area contributed by atoms with Crippen LogP contribution in [0, 0.1) is 0 Å². The maximum absolute atomic E-state index is 3.62. The molecule has 0 aliphatic heterocycles. The van der Waals surface area contributed by atoms with Crippen molar-refractivity contribution < 1.29 is 0 Å². The minimum Gasteiger partial charge on any atom is -0.317 e. The predicted molar refractivity (Wildman–Crippen MR) is 63.5 cm³/mol. The summed E-state index contributed by atoms with van der Waals surface area (Å²) in [5, 5.41) is 3.44. The van der Waals surface area contributed by atoms with Crippen LogP contribution in [0.15, 0.2) is 0 Å². The van der Waals surface area contributed by atoms with Crippen LogP contribution in [0.4, 0.5) is 0 Å². The third-order valence-corrected chi connectivity index (χ3v) is 3.58. The van der Waals surface area contributed by atoms with Gasteiger partial charge in [-0.3, -0.25) is 0 Å². The summed E-state index contributed by atoms with van der Waals surface area (Å²) in [5.74, 6) is 1.28. The molecule has 3 heteroatoms. The van der Waals surface area contributed by atoms with Crippen LogP contribution in [0.1, 0.15) is 26.2 Å². The Labute approximate surface area is 89.2 Å². The van der Waals surface area contributed by atoms with Gasteiger partial charge in [-0.25, -0.2) is 0 Å². The summed E-state index contributed by atoms with van der Waals surface area (Å²) in [6.45, 7) is 4.54. The van der Waals surface area contributed by atoms with Gasteiger partial charge in [0.1, 0.15) is 0 Å². The van der Waals surface area contributed by atoms with Crippen LogP contribution in [0.2, 0.25) is 0 Å². The lowest BCUT2D eigenvalue weighted by Crippen LogP contribution is -2.19. The predicted octanol–water partition coefficient (Wildman–Crippen LogP) is 2.89. The summed E-state index contributed by atoms with van der Waals surface area (Å²) in [6.07, 6.45) is 5.92. The molecule has 0 saturated heterocycles. The van der Waals surface area contributed by atoms with E-state index in [9.17, 15) is 0 Å². The van der Waals surface area contributed by atoms with E-state index in [4.69, 9.17) is 0 Å². The Kier molecular flexibility index (Phi) is 10.5. The molecule has 0 aliphatic rings.